The maximum Gasteiger partial charge on any atom is 0.257 e. The molecule has 1 amide bonds. The Hall–Kier alpha value is -4.17. The molecule has 8 heteroatoms. The van der Waals surface area contributed by atoms with Crippen LogP contribution >= 0.6 is 11.3 Å². The zero-order valence-corrected chi connectivity index (χ0v) is 18.4. The Morgan fingerprint density at radius 2 is 1.88 bits per heavy atom. The highest BCUT2D eigenvalue weighted by molar-refractivity contribution is 7.12. The van der Waals surface area contributed by atoms with E-state index in [0.29, 0.717) is 22.3 Å². The van der Waals surface area contributed by atoms with Gasteiger partial charge in [0.2, 0.25) is 11.9 Å². The van der Waals surface area contributed by atoms with Gasteiger partial charge in [-0.2, -0.15) is 9.78 Å². The van der Waals surface area contributed by atoms with Gasteiger partial charge >= 0.3 is 0 Å². The van der Waals surface area contributed by atoms with Crippen LogP contribution < -0.4 is 14.8 Å². The molecule has 0 aliphatic carbocycles. The number of rotatable bonds is 4. The van der Waals surface area contributed by atoms with Crippen LogP contribution in [0.3, 0.4) is 0 Å². The van der Waals surface area contributed by atoms with Crippen molar-refractivity contribution in [2.24, 2.45) is 0 Å². The number of carbonyl (C=O) groups is 1. The first-order chi connectivity index (χ1) is 16.2. The Morgan fingerprint density at radius 1 is 1.03 bits per heavy atom. The number of anilines is 1. The lowest BCUT2D eigenvalue weighted by Crippen LogP contribution is -2.15. The molecular weight excluding hydrogens is 436 g/mol. The van der Waals surface area contributed by atoms with Gasteiger partial charge in [-0.25, -0.2) is 4.98 Å². The van der Waals surface area contributed by atoms with Crippen LogP contribution in [0.2, 0.25) is 0 Å². The fourth-order valence-electron chi connectivity index (χ4n) is 3.89. The highest BCUT2D eigenvalue weighted by Gasteiger charge is 2.18. The number of fused-ring (bicyclic) bond motifs is 2. The Balaban J connectivity index is 1.32. The predicted molar refractivity (Wildman–Crippen MR) is 127 cm³/mol. The summed E-state index contributed by atoms with van der Waals surface area (Å²) in [5.41, 5.74) is 3.11. The lowest BCUT2D eigenvalue weighted by Gasteiger charge is -2.09. The number of nitrogens with zero attached hydrogens (tertiary/aromatic N) is 3. The van der Waals surface area contributed by atoms with Crippen LogP contribution in [0.4, 0.5) is 5.82 Å². The van der Waals surface area contributed by atoms with Crippen molar-refractivity contribution in [2.45, 2.75) is 6.92 Å². The van der Waals surface area contributed by atoms with E-state index in [1.165, 1.54) is 11.3 Å². The topological polar surface area (TPSA) is 78.3 Å². The van der Waals surface area contributed by atoms with Gasteiger partial charge in [-0.05, 0) is 42.0 Å². The molecule has 0 bridgehead atoms. The van der Waals surface area contributed by atoms with Crippen molar-refractivity contribution >= 4 is 33.8 Å². The van der Waals surface area contributed by atoms with Crippen LogP contribution in [0.5, 0.6) is 11.5 Å². The maximum absolute atomic E-state index is 13.2. The van der Waals surface area contributed by atoms with Crippen LogP contribution in [0, 0.1) is 6.92 Å². The van der Waals surface area contributed by atoms with Crippen LogP contribution in [-0.2, 0) is 0 Å². The highest BCUT2D eigenvalue weighted by atomic mass is 32.1. The summed E-state index contributed by atoms with van der Waals surface area (Å²) in [5.74, 6) is 1.81. The van der Waals surface area contributed by atoms with Crippen LogP contribution in [0.15, 0.2) is 72.1 Å². The average molecular weight is 455 g/mol. The molecule has 33 heavy (non-hydrogen) atoms. The highest BCUT2D eigenvalue weighted by Crippen LogP contribution is 2.36. The molecule has 0 fully saturated rings. The number of nitrogens with one attached hydrogen (secondary N) is 1. The van der Waals surface area contributed by atoms with Crippen LogP contribution in [0.1, 0.15) is 16.1 Å². The summed E-state index contributed by atoms with van der Waals surface area (Å²) in [4.78, 5) is 17.9. The lowest BCUT2D eigenvalue weighted by atomic mass is 10.0. The van der Waals surface area contributed by atoms with Crippen LogP contribution in [-0.4, -0.2) is 27.5 Å². The van der Waals surface area contributed by atoms with Gasteiger partial charge in [0.1, 0.15) is 5.82 Å². The monoisotopic (exact) mass is 454 g/mol. The van der Waals surface area contributed by atoms with Gasteiger partial charge < -0.3 is 14.8 Å². The largest absolute Gasteiger partial charge is 0.454 e. The molecule has 0 atom stereocenters. The summed E-state index contributed by atoms with van der Waals surface area (Å²) in [6.45, 7) is 2.11. The molecule has 0 radical (unpaired) electrons. The molecule has 1 N–H and O–H groups in total. The van der Waals surface area contributed by atoms with E-state index in [2.05, 4.69) is 10.4 Å². The van der Waals surface area contributed by atoms with Crippen molar-refractivity contribution in [1.82, 2.24) is 14.8 Å². The summed E-state index contributed by atoms with van der Waals surface area (Å²) in [5, 5.41) is 12.1. The van der Waals surface area contributed by atoms with Gasteiger partial charge in [-0.15, -0.1) is 11.3 Å². The number of ether oxygens (including phenoxy) is 2. The summed E-state index contributed by atoms with van der Waals surface area (Å²) in [6.07, 6.45) is 0. The van der Waals surface area contributed by atoms with Gasteiger partial charge in [-0.1, -0.05) is 36.4 Å². The number of aryl methyl sites for hydroxylation is 1. The average Bonchev–Trinajstić information content (AvgIpc) is 3.57. The first-order valence-corrected chi connectivity index (χ1v) is 11.3. The van der Waals surface area contributed by atoms with E-state index in [-0.39, 0.29) is 12.7 Å². The molecule has 0 saturated heterocycles. The van der Waals surface area contributed by atoms with Crippen LogP contribution in [0.25, 0.3) is 27.2 Å². The molecule has 3 aromatic carbocycles. The molecule has 0 spiro atoms. The second kappa shape index (κ2) is 7.75. The minimum absolute atomic E-state index is 0.194. The van der Waals surface area contributed by atoms with Gasteiger partial charge in [-0.3, -0.25) is 4.79 Å². The van der Waals surface area contributed by atoms with E-state index >= 15 is 0 Å². The fourth-order valence-corrected chi connectivity index (χ4v) is 4.69. The van der Waals surface area contributed by atoms with Crippen molar-refractivity contribution in [2.75, 3.05) is 12.1 Å². The molecule has 5 aromatic rings. The Labute approximate surface area is 193 Å². The zero-order chi connectivity index (χ0) is 22.4. The number of hydrogen-bond acceptors (Lipinski definition) is 6. The number of thiazole rings is 1. The summed E-state index contributed by atoms with van der Waals surface area (Å²) < 4.78 is 12.5. The van der Waals surface area contributed by atoms with E-state index < -0.39 is 0 Å². The second-order valence-corrected chi connectivity index (χ2v) is 8.48. The summed E-state index contributed by atoms with van der Waals surface area (Å²) in [7, 11) is 0. The first kappa shape index (κ1) is 19.5. The smallest absolute Gasteiger partial charge is 0.257 e. The SMILES string of the molecule is Cc1cc(NC(=O)c2cccc3ccccc23)n(-c2nc(-c3ccc4c(c3)OCO4)cs2)n1. The minimum Gasteiger partial charge on any atom is -0.454 e. The molecule has 7 nitrogen and oxygen atoms in total. The molecule has 3 heterocycles. The summed E-state index contributed by atoms with van der Waals surface area (Å²) in [6, 6.07) is 21.1. The van der Waals surface area contributed by atoms with Crippen molar-refractivity contribution in [3.05, 3.63) is 83.4 Å². The molecule has 0 saturated carbocycles. The second-order valence-electron chi connectivity index (χ2n) is 7.65. The van der Waals surface area contributed by atoms with Gasteiger partial charge in [0.05, 0.1) is 11.4 Å². The van der Waals surface area contributed by atoms with E-state index in [4.69, 9.17) is 14.5 Å². The molecular formula is C25H18N4O3S. The summed E-state index contributed by atoms with van der Waals surface area (Å²) >= 11 is 1.45. The fraction of sp³-hybridized carbons (Fsp3) is 0.0800. The Bertz CT molecular complexity index is 1520. The van der Waals surface area contributed by atoms with Gasteiger partial charge in [0.15, 0.2) is 11.5 Å². The third-order valence-corrected chi connectivity index (χ3v) is 6.27. The molecule has 162 valence electrons. The molecule has 2 aromatic heterocycles. The van der Waals surface area contributed by atoms with Crippen molar-refractivity contribution in [3.63, 3.8) is 0 Å². The van der Waals surface area contributed by atoms with Crippen molar-refractivity contribution in [3.8, 4) is 27.9 Å². The molecule has 1 aliphatic heterocycles. The minimum atomic E-state index is -0.194. The third kappa shape index (κ3) is 3.50. The number of hydrogen-bond donors (Lipinski definition) is 1. The number of amides is 1. The first-order valence-electron chi connectivity index (χ1n) is 10.4. The normalized spacial score (nSPS) is 12.3. The lowest BCUT2D eigenvalue weighted by molar-refractivity contribution is 0.102. The Morgan fingerprint density at radius 3 is 2.82 bits per heavy atom. The molecule has 1 aliphatic rings. The van der Waals surface area contributed by atoms with E-state index in [0.717, 1.165) is 33.5 Å². The molecule has 0 unspecified atom stereocenters. The standard InChI is InChI=1S/C25H18N4O3S/c1-15-11-23(27-24(30)19-8-4-6-16-5-2-3-7-18(16)19)29(28-15)25-26-20(13-33-25)17-9-10-21-22(12-17)32-14-31-21/h2-13H,14H2,1H3,(H,27,30). The number of benzene rings is 3. The molecule has 6 rings (SSSR count). The quantitative estimate of drug-likeness (QED) is 0.391. The maximum atomic E-state index is 13.2. The van der Waals surface area contributed by atoms with Crippen molar-refractivity contribution in [1.29, 1.82) is 0 Å². The van der Waals surface area contributed by atoms with E-state index in [9.17, 15) is 4.79 Å². The van der Waals surface area contributed by atoms with E-state index in [1.54, 1.807) is 4.68 Å². The third-order valence-electron chi connectivity index (χ3n) is 5.45. The van der Waals surface area contributed by atoms with Gasteiger partial charge in [0.25, 0.3) is 5.91 Å². The van der Waals surface area contributed by atoms with Gasteiger partial charge in [0, 0.05) is 22.6 Å². The number of aromatic nitrogens is 3. The Kier molecular flexibility index (Phi) is 4.58. The number of carbonyl (C=O) groups excluding carboxylic acids is 1. The van der Waals surface area contributed by atoms with E-state index in [1.807, 2.05) is 79.0 Å². The van der Waals surface area contributed by atoms with Crippen molar-refractivity contribution < 1.29 is 14.3 Å². The zero-order valence-electron chi connectivity index (χ0n) is 17.6. The predicted octanol–water partition coefficient (Wildman–Crippen LogP) is 5.44.